The fourth-order valence-electron chi connectivity index (χ4n) is 4.21. The molecule has 142 valence electrons. The molecule has 0 spiro atoms. The van der Waals surface area contributed by atoms with Gasteiger partial charge in [0.15, 0.2) is 0 Å². The molecule has 3 rings (SSSR count). The van der Waals surface area contributed by atoms with Crippen LogP contribution in [0.2, 0.25) is 0 Å². The molecule has 26 heavy (non-hydrogen) atoms. The van der Waals surface area contributed by atoms with E-state index in [0.717, 1.165) is 12.8 Å². The van der Waals surface area contributed by atoms with Gasteiger partial charge >= 0.3 is 11.9 Å². The van der Waals surface area contributed by atoms with Crippen LogP contribution in [-0.4, -0.2) is 11.9 Å². The second-order valence-electron chi connectivity index (χ2n) is 7.80. The number of carbonyl (C=O) groups is 2. The van der Waals surface area contributed by atoms with Crippen molar-refractivity contribution in [3.8, 4) is 11.5 Å². The van der Waals surface area contributed by atoms with Crippen LogP contribution in [0, 0.1) is 11.8 Å². The Hall–Kier alpha value is -1.84. The molecule has 0 bridgehead atoms. The van der Waals surface area contributed by atoms with Crippen LogP contribution in [0.5, 0.6) is 11.5 Å². The van der Waals surface area contributed by atoms with Crippen LogP contribution in [-0.2, 0) is 9.59 Å². The smallest absolute Gasteiger partial charge is 0.311 e. The molecule has 0 heterocycles. The van der Waals surface area contributed by atoms with Crippen molar-refractivity contribution in [2.75, 3.05) is 0 Å². The van der Waals surface area contributed by atoms with Gasteiger partial charge in [0.25, 0.3) is 0 Å². The van der Waals surface area contributed by atoms with Crippen molar-refractivity contribution in [1.29, 1.82) is 0 Å². The first kappa shape index (κ1) is 18.9. The number of carbonyl (C=O) groups excluding carboxylic acids is 2. The van der Waals surface area contributed by atoms with Gasteiger partial charge in [-0.3, -0.25) is 9.59 Å². The summed E-state index contributed by atoms with van der Waals surface area (Å²) in [4.78, 5) is 24.0. The molecule has 2 saturated carbocycles. The normalized spacial score (nSPS) is 18.2. The second kappa shape index (κ2) is 9.75. The number of hydrogen-bond donors (Lipinski definition) is 0. The van der Waals surface area contributed by atoms with Crippen molar-refractivity contribution in [2.24, 2.45) is 11.8 Å². The molecule has 2 fully saturated rings. The van der Waals surface area contributed by atoms with E-state index in [9.17, 15) is 9.59 Å². The van der Waals surface area contributed by atoms with E-state index in [-0.39, 0.29) is 11.9 Å². The Bertz CT molecular complexity index is 549. The van der Waals surface area contributed by atoms with Crippen molar-refractivity contribution in [3.05, 3.63) is 24.3 Å². The summed E-state index contributed by atoms with van der Waals surface area (Å²) in [6, 6.07) is 6.83. The predicted octanol–water partition coefficient (Wildman–Crippen LogP) is 5.44. The Morgan fingerprint density at radius 2 is 1.19 bits per heavy atom. The van der Waals surface area contributed by atoms with E-state index in [1.165, 1.54) is 51.4 Å². The van der Waals surface area contributed by atoms with Crippen LogP contribution in [0.3, 0.4) is 0 Å². The van der Waals surface area contributed by atoms with Gasteiger partial charge in [-0.2, -0.15) is 0 Å². The second-order valence-corrected chi connectivity index (χ2v) is 7.80. The highest BCUT2D eigenvalue weighted by Crippen LogP contribution is 2.30. The minimum atomic E-state index is -0.207. The maximum atomic E-state index is 12.0. The van der Waals surface area contributed by atoms with Crippen molar-refractivity contribution in [3.63, 3.8) is 0 Å². The molecule has 2 aliphatic carbocycles. The summed E-state index contributed by atoms with van der Waals surface area (Å²) < 4.78 is 10.8. The fourth-order valence-corrected chi connectivity index (χ4v) is 4.21. The van der Waals surface area contributed by atoms with Gasteiger partial charge in [-0.15, -0.1) is 0 Å². The van der Waals surface area contributed by atoms with Gasteiger partial charge in [-0.25, -0.2) is 0 Å². The number of esters is 2. The zero-order chi connectivity index (χ0) is 18.2. The van der Waals surface area contributed by atoms with Gasteiger partial charge in [-0.05, 0) is 36.8 Å². The monoisotopic (exact) mass is 358 g/mol. The first-order valence-electron chi connectivity index (χ1n) is 10.2. The van der Waals surface area contributed by atoms with E-state index >= 15 is 0 Å². The largest absolute Gasteiger partial charge is 0.426 e. The summed E-state index contributed by atoms with van der Waals surface area (Å²) >= 11 is 0. The third-order valence-corrected chi connectivity index (χ3v) is 5.73. The van der Waals surface area contributed by atoms with Gasteiger partial charge in [0, 0.05) is 18.9 Å². The molecular weight excluding hydrogens is 328 g/mol. The molecule has 0 saturated heterocycles. The summed E-state index contributed by atoms with van der Waals surface area (Å²) in [7, 11) is 0. The van der Waals surface area contributed by atoms with Gasteiger partial charge in [-0.1, -0.05) is 57.4 Å². The molecule has 0 atom stereocenters. The van der Waals surface area contributed by atoms with E-state index in [2.05, 4.69) is 0 Å². The number of hydrogen-bond acceptors (Lipinski definition) is 4. The molecule has 0 aromatic heterocycles. The average Bonchev–Trinajstić information content (AvgIpc) is 3.32. The molecule has 0 radical (unpaired) electrons. The maximum Gasteiger partial charge on any atom is 0.311 e. The Morgan fingerprint density at radius 3 is 1.62 bits per heavy atom. The Balaban J connectivity index is 1.41. The molecule has 4 nitrogen and oxygen atoms in total. The molecule has 0 aliphatic heterocycles. The molecule has 2 aliphatic rings. The van der Waals surface area contributed by atoms with Gasteiger partial charge in [0.2, 0.25) is 0 Å². The molecule has 1 aromatic rings. The summed E-state index contributed by atoms with van der Waals surface area (Å²) in [6.45, 7) is 0. The Morgan fingerprint density at radius 1 is 0.769 bits per heavy atom. The lowest BCUT2D eigenvalue weighted by atomic mass is 10.0. The van der Waals surface area contributed by atoms with Crippen molar-refractivity contribution >= 4 is 11.9 Å². The van der Waals surface area contributed by atoms with Crippen molar-refractivity contribution in [1.82, 2.24) is 0 Å². The average molecular weight is 358 g/mol. The highest BCUT2D eigenvalue weighted by molar-refractivity contribution is 5.74. The summed E-state index contributed by atoms with van der Waals surface area (Å²) in [5, 5.41) is 0. The lowest BCUT2D eigenvalue weighted by Crippen LogP contribution is -2.11. The van der Waals surface area contributed by atoms with Crippen LogP contribution < -0.4 is 9.47 Å². The molecule has 0 N–H and O–H groups in total. The molecule has 4 heteroatoms. The zero-order valence-electron chi connectivity index (χ0n) is 15.6. The van der Waals surface area contributed by atoms with Crippen LogP contribution in [0.15, 0.2) is 24.3 Å². The Kier molecular flexibility index (Phi) is 7.10. The van der Waals surface area contributed by atoms with E-state index < -0.39 is 0 Å². The van der Waals surface area contributed by atoms with Crippen LogP contribution in [0.25, 0.3) is 0 Å². The number of rotatable bonds is 8. The van der Waals surface area contributed by atoms with E-state index in [4.69, 9.17) is 9.47 Å². The van der Waals surface area contributed by atoms with Crippen LogP contribution in [0.1, 0.15) is 77.0 Å². The first-order valence-corrected chi connectivity index (χ1v) is 10.2. The molecular formula is C22H30O4. The predicted molar refractivity (Wildman–Crippen MR) is 100 cm³/mol. The SMILES string of the molecule is O=C(CCC1CCCC1)Oc1cccc(OC(=O)CCC2CCCC2)c1. The van der Waals surface area contributed by atoms with Gasteiger partial charge in [0.1, 0.15) is 11.5 Å². The zero-order valence-corrected chi connectivity index (χ0v) is 15.6. The van der Waals surface area contributed by atoms with Crippen molar-refractivity contribution < 1.29 is 19.1 Å². The minimum Gasteiger partial charge on any atom is -0.426 e. The third-order valence-electron chi connectivity index (χ3n) is 5.73. The van der Waals surface area contributed by atoms with Gasteiger partial charge in [0.05, 0.1) is 0 Å². The van der Waals surface area contributed by atoms with E-state index in [1.54, 1.807) is 24.3 Å². The highest BCUT2D eigenvalue weighted by Gasteiger charge is 2.18. The first-order chi connectivity index (χ1) is 12.7. The molecule has 1 aromatic carbocycles. The van der Waals surface area contributed by atoms with Crippen LogP contribution in [0.4, 0.5) is 0 Å². The van der Waals surface area contributed by atoms with E-state index in [1.807, 2.05) is 0 Å². The van der Waals surface area contributed by atoms with Crippen LogP contribution >= 0.6 is 0 Å². The fraction of sp³-hybridized carbons (Fsp3) is 0.636. The topological polar surface area (TPSA) is 52.6 Å². The lowest BCUT2D eigenvalue weighted by Gasteiger charge is -2.10. The highest BCUT2D eigenvalue weighted by atomic mass is 16.5. The van der Waals surface area contributed by atoms with Crippen molar-refractivity contribution in [2.45, 2.75) is 77.0 Å². The quantitative estimate of drug-likeness (QED) is 0.459. The molecule has 0 amide bonds. The summed E-state index contributed by atoms with van der Waals surface area (Å²) in [6.07, 6.45) is 12.8. The lowest BCUT2D eigenvalue weighted by molar-refractivity contribution is -0.135. The molecule has 0 unspecified atom stereocenters. The summed E-state index contributed by atoms with van der Waals surface area (Å²) in [5.74, 6) is 1.83. The maximum absolute atomic E-state index is 12.0. The number of benzene rings is 1. The summed E-state index contributed by atoms with van der Waals surface area (Å²) in [5.41, 5.74) is 0. The van der Waals surface area contributed by atoms with E-state index in [0.29, 0.717) is 36.2 Å². The third kappa shape index (κ3) is 6.15. The number of ether oxygens (including phenoxy) is 2. The Labute approximate surface area is 156 Å². The van der Waals surface area contributed by atoms with Gasteiger partial charge < -0.3 is 9.47 Å². The minimum absolute atomic E-state index is 0.207. The standard InChI is InChI=1S/C22H30O4/c23-21(14-12-17-6-1-2-7-17)25-19-10-5-11-20(16-19)26-22(24)15-13-18-8-3-4-9-18/h5,10-11,16-18H,1-4,6-9,12-15H2.